The third-order valence-corrected chi connectivity index (χ3v) is 3.86. The molecule has 3 rings (SSSR count). The van der Waals surface area contributed by atoms with Gasteiger partial charge in [0, 0.05) is 30.9 Å². The van der Waals surface area contributed by atoms with Crippen molar-refractivity contribution in [3.63, 3.8) is 0 Å². The van der Waals surface area contributed by atoms with Crippen LogP contribution in [0.25, 0.3) is 11.1 Å². The van der Waals surface area contributed by atoms with Gasteiger partial charge in [-0.3, -0.25) is 9.59 Å². The minimum Gasteiger partial charge on any atom is -0.378 e. The van der Waals surface area contributed by atoms with Gasteiger partial charge in [0.25, 0.3) is 5.79 Å². The van der Waals surface area contributed by atoms with Crippen LogP contribution in [0.1, 0.15) is 20.7 Å². The maximum Gasteiger partial charge on any atom is 0.295 e. The van der Waals surface area contributed by atoms with Crippen LogP contribution in [0.2, 0.25) is 0 Å². The lowest BCUT2D eigenvalue weighted by Gasteiger charge is -2.13. The molecule has 22 heavy (non-hydrogen) atoms. The largest absolute Gasteiger partial charge is 0.378 e. The summed E-state index contributed by atoms with van der Waals surface area (Å²) in [7, 11) is 3.88. The van der Waals surface area contributed by atoms with Crippen LogP contribution in [-0.2, 0) is 0 Å². The summed E-state index contributed by atoms with van der Waals surface area (Å²) in [6.45, 7) is 0. The van der Waals surface area contributed by atoms with Gasteiger partial charge in [-0.05, 0) is 35.4 Å². The van der Waals surface area contributed by atoms with E-state index in [4.69, 9.17) is 0 Å². The molecule has 5 nitrogen and oxygen atoms in total. The van der Waals surface area contributed by atoms with E-state index in [0.29, 0.717) is 0 Å². The third kappa shape index (κ3) is 2.03. The van der Waals surface area contributed by atoms with Crippen LogP contribution in [0, 0.1) is 0 Å². The first kappa shape index (κ1) is 14.4. The van der Waals surface area contributed by atoms with Crippen molar-refractivity contribution in [3.8, 4) is 11.1 Å². The average Bonchev–Trinajstić information content (AvgIpc) is 2.68. The van der Waals surface area contributed by atoms with Gasteiger partial charge >= 0.3 is 0 Å². The molecule has 0 aliphatic heterocycles. The van der Waals surface area contributed by atoms with Gasteiger partial charge in [0.1, 0.15) is 0 Å². The Bertz CT molecular complexity index is 776. The second kappa shape index (κ2) is 4.76. The van der Waals surface area contributed by atoms with E-state index in [1.807, 2.05) is 43.3 Å². The maximum atomic E-state index is 11.9. The first-order valence-corrected chi connectivity index (χ1v) is 6.78. The van der Waals surface area contributed by atoms with Gasteiger partial charge in [0.15, 0.2) is 0 Å². The Morgan fingerprint density at radius 2 is 1.36 bits per heavy atom. The fourth-order valence-electron chi connectivity index (χ4n) is 2.54. The smallest absolute Gasteiger partial charge is 0.295 e. The predicted octanol–water partition coefficient (Wildman–Crippen LogP) is 1.48. The SMILES string of the molecule is CN(C)c1ccc(-c2ccc3c(c2)C(=O)C(O)(O)C3=O)cc1. The zero-order valence-electron chi connectivity index (χ0n) is 12.2. The molecule has 0 bridgehead atoms. The van der Waals surface area contributed by atoms with E-state index in [1.54, 1.807) is 6.07 Å². The van der Waals surface area contributed by atoms with E-state index < -0.39 is 17.4 Å². The van der Waals surface area contributed by atoms with Crippen LogP contribution in [0.4, 0.5) is 5.69 Å². The van der Waals surface area contributed by atoms with E-state index in [2.05, 4.69) is 0 Å². The summed E-state index contributed by atoms with van der Waals surface area (Å²) in [5.41, 5.74) is 2.75. The molecule has 1 aliphatic carbocycles. The number of carbonyl (C=O) groups is 2. The molecule has 112 valence electrons. The summed E-state index contributed by atoms with van der Waals surface area (Å²) < 4.78 is 0. The van der Waals surface area contributed by atoms with Crippen molar-refractivity contribution in [3.05, 3.63) is 53.6 Å². The second-order valence-corrected chi connectivity index (χ2v) is 5.53. The molecule has 0 amide bonds. The van der Waals surface area contributed by atoms with Gasteiger partial charge in [-0.2, -0.15) is 0 Å². The van der Waals surface area contributed by atoms with Gasteiger partial charge in [-0.1, -0.05) is 18.2 Å². The summed E-state index contributed by atoms with van der Waals surface area (Å²) in [5, 5.41) is 19.1. The Kier molecular flexibility index (Phi) is 3.12. The molecule has 2 aromatic carbocycles. The molecule has 2 N–H and O–H groups in total. The van der Waals surface area contributed by atoms with Crippen molar-refractivity contribution in [1.29, 1.82) is 0 Å². The number of aliphatic hydroxyl groups is 2. The summed E-state index contributed by atoms with van der Waals surface area (Å²) >= 11 is 0. The third-order valence-electron chi connectivity index (χ3n) is 3.86. The highest BCUT2D eigenvalue weighted by molar-refractivity contribution is 6.30. The van der Waals surface area contributed by atoms with Gasteiger partial charge < -0.3 is 15.1 Å². The fourth-order valence-corrected chi connectivity index (χ4v) is 2.54. The number of fused-ring (bicyclic) bond motifs is 1. The number of carbonyl (C=O) groups excluding carboxylic acids is 2. The Balaban J connectivity index is 2.04. The first-order valence-electron chi connectivity index (χ1n) is 6.78. The topological polar surface area (TPSA) is 77.8 Å². The molecule has 5 heteroatoms. The van der Waals surface area contributed by atoms with Crippen LogP contribution in [0.5, 0.6) is 0 Å². The second-order valence-electron chi connectivity index (χ2n) is 5.53. The standard InChI is InChI=1S/C17H15NO4/c1-18(2)12-6-3-10(4-7-12)11-5-8-13-14(9-11)16(20)17(21,22)15(13)19/h3-9,21-22H,1-2H3. The molecular formula is C17H15NO4. The number of anilines is 1. The number of hydrogen-bond donors (Lipinski definition) is 2. The number of rotatable bonds is 2. The minimum absolute atomic E-state index is 0.0451. The van der Waals surface area contributed by atoms with Crippen molar-refractivity contribution in [1.82, 2.24) is 0 Å². The van der Waals surface area contributed by atoms with E-state index in [-0.39, 0.29) is 11.1 Å². The summed E-state index contributed by atoms with van der Waals surface area (Å²) in [6, 6.07) is 12.4. The molecular weight excluding hydrogens is 282 g/mol. The zero-order valence-corrected chi connectivity index (χ0v) is 12.2. The van der Waals surface area contributed by atoms with E-state index >= 15 is 0 Å². The quantitative estimate of drug-likeness (QED) is 0.648. The molecule has 0 saturated carbocycles. The van der Waals surface area contributed by atoms with Gasteiger partial charge in [0.2, 0.25) is 11.6 Å². The Labute approximate surface area is 127 Å². The molecule has 0 fully saturated rings. The molecule has 1 aliphatic rings. The van der Waals surface area contributed by atoms with Gasteiger partial charge in [-0.25, -0.2) is 0 Å². The zero-order chi connectivity index (χ0) is 16.1. The van der Waals surface area contributed by atoms with Crippen molar-refractivity contribution < 1.29 is 19.8 Å². The highest BCUT2D eigenvalue weighted by Crippen LogP contribution is 2.32. The van der Waals surface area contributed by atoms with Gasteiger partial charge in [0.05, 0.1) is 0 Å². The highest BCUT2D eigenvalue weighted by atomic mass is 16.5. The van der Waals surface area contributed by atoms with Crippen LogP contribution in [0.3, 0.4) is 0 Å². The normalized spacial score (nSPS) is 15.8. The Hall–Kier alpha value is -2.50. The molecule has 0 unspecified atom stereocenters. The molecule has 0 atom stereocenters. The molecule has 0 aromatic heterocycles. The minimum atomic E-state index is -2.93. The predicted molar refractivity (Wildman–Crippen MR) is 82.0 cm³/mol. The monoisotopic (exact) mass is 297 g/mol. The van der Waals surface area contributed by atoms with Crippen molar-refractivity contribution in [2.24, 2.45) is 0 Å². The molecule has 0 saturated heterocycles. The lowest BCUT2D eigenvalue weighted by molar-refractivity contribution is -0.0857. The van der Waals surface area contributed by atoms with Crippen LogP contribution in [-0.4, -0.2) is 41.7 Å². The summed E-state index contributed by atoms with van der Waals surface area (Å²) in [5.74, 6) is -4.88. The summed E-state index contributed by atoms with van der Waals surface area (Å²) in [6.07, 6.45) is 0. The van der Waals surface area contributed by atoms with Gasteiger partial charge in [-0.15, -0.1) is 0 Å². The summed E-state index contributed by atoms with van der Waals surface area (Å²) in [4.78, 5) is 25.7. The average molecular weight is 297 g/mol. The highest BCUT2D eigenvalue weighted by Gasteiger charge is 2.50. The van der Waals surface area contributed by atoms with Crippen molar-refractivity contribution in [2.45, 2.75) is 5.79 Å². The molecule has 0 radical (unpaired) electrons. The van der Waals surface area contributed by atoms with Crippen molar-refractivity contribution >= 4 is 17.3 Å². The molecule has 2 aromatic rings. The fraction of sp³-hybridized carbons (Fsp3) is 0.176. The number of nitrogens with zero attached hydrogens (tertiary/aromatic N) is 1. The Morgan fingerprint density at radius 3 is 1.95 bits per heavy atom. The molecule has 0 spiro atoms. The van der Waals surface area contributed by atoms with Crippen LogP contribution < -0.4 is 4.90 Å². The van der Waals surface area contributed by atoms with Crippen molar-refractivity contribution in [2.75, 3.05) is 19.0 Å². The van der Waals surface area contributed by atoms with E-state index in [1.165, 1.54) is 12.1 Å². The lowest BCUT2D eigenvalue weighted by Crippen LogP contribution is -2.40. The lowest BCUT2D eigenvalue weighted by atomic mass is 10.00. The van der Waals surface area contributed by atoms with E-state index in [0.717, 1.165) is 16.8 Å². The number of hydrogen-bond acceptors (Lipinski definition) is 5. The number of Topliss-reactive ketones (excluding diaryl/α,β-unsaturated/α-hetero) is 2. The number of ketones is 2. The first-order chi connectivity index (χ1) is 10.3. The number of benzene rings is 2. The maximum absolute atomic E-state index is 11.9. The van der Waals surface area contributed by atoms with Crippen LogP contribution in [0.15, 0.2) is 42.5 Å². The van der Waals surface area contributed by atoms with E-state index in [9.17, 15) is 19.8 Å². The Morgan fingerprint density at radius 1 is 0.818 bits per heavy atom. The molecule has 0 heterocycles. The van der Waals surface area contributed by atoms with Crippen LogP contribution >= 0.6 is 0 Å².